The van der Waals surface area contributed by atoms with Crippen molar-refractivity contribution in [3.63, 3.8) is 0 Å². The molecule has 1 aliphatic carbocycles. The van der Waals surface area contributed by atoms with E-state index in [1.807, 2.05) is 0 Å². The minimum absolute atomic E-state index is 0.760. The molecule has 0 aromatic heterocycles. The highest BCUT2D eigenvalue weighted by Gasteiger charge is 2.05. The fraction of sp³-hybridized carbons (Fsp3) is 0.833. The van der Waals surface area contributed by atoms with Crippen molar-refractivity contribution < 1.29 is 4.48 Å². The summed E-state index contributed by atoms with van der Waals surface area (Å²) in [7, 11) is 0. The molecule has 0 amide bonds. The average Bonchev–Trinajstić information content (AvgIpc) is 1.90. The summed E-state index contributed by atoms with van der Waals surface area (Å²) in [6.07, 6.45) is 5.28. The minimum Gasteiger partial charge on any atom is -0.0966 e. The van der Waals surface area contributed by atoms with Gasteiger partial charge < -0.3 is 0 Å². The third-order valence-electron chi connectivity index (χ3n) is 1.55. The van der Waals surface area contributed by atoms with Gasteiger partial charge in [-0.1, -0.05) is 16.1 Å². The largest absolute Gasteiger partial charge is 0.0966 e. The predicted molar refractivity (Wildman–Crippen MR) is 31.6 cm³/mol. The van der Waals surface area contributed by atoms with E-state index >= 15 is 0 Å². The highest BCUT2D eigenvalue weighted by Crippen LogP contribution is 2.14. The molecule has 0 unspecified atom stereocenters. The van der Waals surface area contributed by atoms with Crippen LogP contribution in [0.4, 0.5) is 4.48 Å². The Hall–Kier alpha value is -0.400. The summed E-state index contributed by atoms with van der Waals surface area (Å²) in [5.74, 6) is 0. The topological polar surface area (TPSA) is 12.4 Å². The van der Waals surface area contributed by atoms with Crippen LogP contribution in [0.3, 0.4) is 0 Å². The summed E-state index contributed by atoms with van der Waals surface area (Å²) >= 11 is 0. The Morgan fingerprint density at radius 1 is 1.12 bits per heavy atom. The van der Waals surface area contributed by atoms with Crippen LogP contribution in [0.5, 0.6) is 0 Å². The molecule has 1 aliphatic rings. The first-order chi connectivity index (χ1) is 3.93. The van der Waals surface area contributed by atoms with Crippen molar-refractivity contribution >= 4 is 5.71 Å². The zero-order chi connectivity index (χ0) is 5.82. The molecule has 0 N–H and O–H groups in total. The molecule has 0 saturated heterocycles. The van der Waals surface area contributed by atoms with Crippen LogP contribution in [0.1, 0.15) is 32.1 Å². The molecule has 0 heterocycles. The Kier molecular flexibility index (Phi) is 2.00. The molecular formula is C6H10FN. The Bertz CT molecular complexity index is 90.7. The van der Waals surface area contributed by atoms with Crippen LogP contribution in [-0.4, -0.2) is 5.71 Å². The monoisotopic (exact) mass is 115 g/mol. The van der Waals surface area contributed by atoms with Crippen LogP contribution in [-0.2, 0) is 0 Å². The molecule has 2 heteroatoms. The SMILES string of the molecule is FN=C1CCCCC1. The summed E-state index contributed by atoms with van der Waals surface area (Å²) in [5.41, 5.74) is 0.760. The van der Waals surface area contributed by atoms with Crippen molar-refractivity contribution in [2.24, 2.45) is 5.21 Å². The average molecular weight is 115 g/mol. The van der Waals surface area contributed by atoms with Gasteiger partial charge in [0.15, 0.2) is 0 Å². The lowest BCUT2D eigenvalue weighted by Gasteiger charge is -2.08. The first kappa shape index (κ1) is 5.73. The van der Waals surface area contributed by atoms with Gasteiger partial charge in [-0.05, 0) is 25.7 Å². The maximum absolute atomic E-state index is 11.5. The van der Waals surface area contributed by atoms with Gasteiger partial charge in [-0.25, -0.2) is 0 Å². The van der Waals surface area contributed by atoms with Crippen LogP contribution in [0.15, 0.2) is 5.21 Å². The van der Waals surface area contributed by atoms with Crippen molar-refractivity contribution in [3.8, 4) is 0 Å². The fourth-order valence-electron chi connectivity index (χ4n) is 1.04. The van der Waals surface area contributed by atoms with Crippen LogP contribution in [0.2, 0.25) is 0 Å². The lowest BCUT2D eigenvalue weighted by molar-refractivity contribution is 0.520. The van der Waals surface area contributed by atoms with E-state index in [0.29, 0.717) is 0 Å². The van der Waals surface area contributed by atoms with Gasteiger partial charge in [-0.2, -0.15) is 0 Å². The van der Waals surface area contributed by atoms with Crippen molar-refractivity contribution in [1.29, 1.82) is 0 Å². The van der Waals surface area contributed by atoms with E-state index in [1.54, 1.807) is 0 Å². The zero-order valence-corrected chi connectivity index (χ0v) is 4.86. The van der Waals surface area contributed by atoms with E-state index in [4.69, 9.17) is 0 Å². The van der Waals surface area contributed by atoms with Gasteiger partial charge in [0.25, 0.3) is 0 Å². The normalized spacial score (nSPS) is 20.9. The molecule has 0 atom stereocenters. The third kappa shape index (κ3) is 1.29. The van der Waals surface area contributed by atoms with Gasteiger partial charge in [0, 0.05) is 0 Å². The van der Waals surface area contributed by atoms with E-state index in [1.165, 1.54) is 6.42 Å². The summed E-state index contributed by atoms with van der Waals surface area (Å²) in [6, 6.07) is 0. The highest BCUT2D eigenvalue weighted by molar-refractivity contribution is 5.84. The maximum atomic E-state index is 11.5. The van der Waals surface area contributed by atoms with Gasteiger partial charge in [-0.15, -0.1) is 0 Å². The van der Waals surface area contributed by atoms with E-state index < -0.39 is 0 Å². The summed E-state index contributed by atoms with van der Waals surface area (Å²) < 4.78 is 11.5. The third-order valence-corrected chi connectivity index (χ3v) is 1.55. The van der Waals surface area contributed by atoms with Gasteiger partial charge in [0.2, 0.25) is 0 Å². The van der Waals surface area contributed by atoms with Crippen LogP contribution < -0.4 is 0 Å². The van der Waals surface area contributed by atoms with Crippen LogP contribution in [0.25, 0.3) is 0 Å². The van der Waals surface area contributed by atoms with Gasteiger partial charge in [-0.3, -0.25) is 0 Å². The molecule has 0 aliphatic heterocycles. The van der Waals surface area contributed by atoms with Crippen LogP contribution >= 0.6 is 0 Å². The Labute approximate surface area is 48.6 Å². The molecule has 0 spiro atoms. The number of halogens is 1. The maximum Gasteiger partial charge on any atom is 0.0509 e. The second-order valence-corrected chi connectivity index (χ2v) is 2.21. The number of rotatable bonds is 0. The zero-order valence-electron chi connectivity index (χ0n) is 4.86. The van der Waals surface area contributed by atoms with E-state index in [2.05, 4.69) is 5.21 Å². The quantitative estimate of drug-likeness (QED) is 0.459. The number of nitrogens with zero attached hydrogens (tertiary/aromatic N) is 1. The molecule has 0 aromatic rings. The van der Waals surface area contributed by atoms with Crippen molar-refractivity contribution in [2.45, 2.75) is 32.1 Å². The Morgan fingerprint density at radius 3 is 2.12 bits per heavy atom. The molecule has 46 valence electrons. The number of hydrogen-bond donors (Lipinski definition) is 0. The van der Waals surface area contributed by atoms with E-state index in [9.17, 15) is 4.48 Å². The molecule has 0 radical (unpaired) electrons. The Balaban J connectivity index is 2.33. The fourth-order valence-corrected chi connectivity index (χ4v) is 1.04. The lowest BCUT2D eigenvalue weighted by Crippen LogP contribution is -2.02. The second-order valence-electron chi connectivity index (χ2n) is 2.21. The molecule has 8 heavy (non-hydrogen) atoms. The molecule has 1 nitrogen and oxygen atoms in total. The molecule has 1 saturated carbocycles. The smallest absolute Gasteiger partial charge is 0.0509 e. The summed E-state index contributed by atoms with van der Waals surface area (Å²) in [4.78, 5) is 0. The summed E-state index contributed by atoms with van der Waals surface area (Å²) in [6.45, 7) is 0. The number of hydrogen-bond acceptors (Lipinski definition) is 1. The second kappa shape index (κ2) is 2.80. The Morgan fingerprint density at radius 2 is 1.75 bits per heavy atom. The highest BCUT2D eigenvalue weighted by atomic mass is 19.2. The molecular weight excluding hydrogens is 105 g/mol. The lowest BCUT2D eigenvalue weighted by atomic mass is 9.99. The van der Waals surface area contributed by atoms with E-state index in [-0.39, 0.29) is 0 Å². The van der Waals surface area contributed by atoms with Crippen LogP contribution in [0, 0.1) is 0 Å². The van der Waals surface area contributed by atoms with E-state index in [0.717, 1.165) is 31.4 Å². The molecule has 1 fully saturated rings. The molecule has 0 bridgehead atoms. The molecule has 1 rings (SSSR count). The predicted octanol–water partition coefficient (Wildman–Crippen LogP) is 2.28. The standard InChI is InChI=1S/C6H10FN/c7-8-6-4-2-1-3-5-6/h1-5H2. The first-order valence-corrected chi connectivity index (χ1v) is 3.10. The van der Waals surface area contributed by atoms with Crippen molar-refractivity contribution in [2.75, 3.05) is 0 Å². The van der Waals surface area contributed by atoms with Gasteiger partial charge in [0.05, 0.1) is 5.71 Å². The van der Waals surface area contributed by atoms with Gasteiger partial charge in [0.1, 0.15) is 0 Å². The first-order valence-electron chi connectivity index (χ1n) is 3.10. The van der Waals surface area contributed by atoms with Crippen molar-refractivity contribution in [1.82, 2.24) is 0 Å². The van der Waals surface area contributed by atoms with Gasteiger partial charge >= 0.3 is 0 Å². The van der Waals surface area contributed by atoms with Crippen molar-refractivity contribution in [3.05, 3.63) is 0 Å². The minimum atomic E-state index is 0.760. The molecule has 0 aromatic carbocycles. The summed E-state index contributed by atoms with van der Waals surface area (Å²) in [5, 5.41) is 2.66.